The van der Waals surface area contributed by atoms with Crippen molar-refractivity contribution in [1.82, 2.24) is 4.90 Å². The highest BCUT2D eigenvalue weighted by molar-refractivity contribution is 9.11. The van der Waals surface area contributed by atoms with Crippen molar-refractivity contribution < 1.29 is 14.6 Å². The van der Waals surface area contributed by atoms with Gasteiger partial charge in [-0.2, -0.15) is 0 Å². The van der Waals surface area contributed by atoms with E-state index >= 15 is 0 Å². The number of carbonyl (C=O) groups excluding carboxylic acids is 1. The van der Waals surface area contributed by atoms with Gasteiger partial charge in [-0.15, -0.1) is 0 Å². The highest BCUT2D eigenvalue weighted by Gasteiger charge is 2.20. The number of carbonyl (C=O) groups is 1. The smallest absolute Gasteiger partial charge is 0.248 e. The van der Waals surface area contributed by atoms with Crippen LogP contribution in [0.3, 0.4) is 0 Å². The molecule has 0 aromatic heterocycles. The van der Waals surface area contributed by atoms with E-state index in [1.165, 1.54) is 45.3 Å². The second-order valence-electron chi connectivity index (χ2n) is 7.88. The summed E-state index contributed by atoms with van der Waals surface area (Å²) in [7, 11) is 3.65. The van der Waals surface area contributed by atoms with E-state index in [9.17, 15) is 9.90 Å². The van der Waals surface area contributed by atoms with Gasteiger partial charge in [0, 0.05) is 27.6 Å². The second kappa shape index (κ2) is 11.2. The monoisotopic (exact) mass is 550 g/mol. The molecule has 3 rings (SSSR count). The molecule has 1 saturated carbocycles. The SMILES string of the molecule is COc1cc(/C=C/C(=O)Nc2c(Br)cc(Br)cc2CN(C)C2CCCCC2)ccc1O. The number of methoxy groups -OCH3 is 1. The third-order valence-corrected chi connectivity index (χ3v) is 6.72. The molecule has 0 spiro atoms. The Morgan fingerprint density at radius 3 is 2.68 bits per heavy atom. The van der Waals surface area contributed by atoms with Gasteiger partial charge >= 0.3 is 0 Å². The Hall–Kier alpha value is -1.83. The molecule has 2 N–H and O–H groups in total. The number of phenols is 1. The van der Waals surface area contributed by atoms with Crippen molar-refractivity contribution in [2.24, 2.45) is 0 Å². The van der Waals surface area contributed by atoms with Crippen LogP contribution in [-0.2, 0) is 11.3 Å². The van der Waals surface area contributed by atoms with E-state index in [4.69, 9.17) is 4.74 Å². The quantitative estimate of drug-likeness (QED) is 0.394. The van der Waals surface area contributed by atoms with Crippen molar-refractivity contribution in [2.45, 2.75) is 44.7 Å². The minimum atomic E-state index is -0.225. The lowest BCUT2D eigenvalue weighted by Crippen LogP contribution is -2.33. The van der Waals surface area contributed by atoms with Crippen LogP contribution in [0.15, 0.2) is 45.4 Å². The van der Waals surface area contributed by atoms with Crippen LogP contribution in [-0.4, -0.2) is 36.1 Å². The molecule has 7 heteroatoms. The zero-order chi connectivity index (χ0) is 22.4. The third-order valence-electron chi connectivity index (χ3n) is 5.63. The van der Waals surface area contributed by atoms with Gasteiger partial charge in [0.15, 0.2) is 11.5 Å². The molecule has 2 aromatic carbocycles. The number of anilines is 1. The first-order chi connectivity index (χ1) is 14.9. The maximum Gasteiger partial charge on any atom is 0.248 e. The predicted molar refractivity (Wildman–Crippen MR) is 133 cm³/mol. The van der Waals surface area contributed by atoms with Crippen LogP contribution in [0.2, 0.25) is 0 Å². The van der Waals surface area contributed by atoms with E-state index in [2.05, 4.69) is 55.2 Å². The van der Waals surface area contributed by atoms with Crippen LogP contribution in [0.4, 0.5) is 5.69 Å². The summed E-state index contributed by atoms with van der Waals surface area (Å²) in [5.74, 6) is 0.206. The summed E-state index contributed by atoms with van der Waals surface area (Å²) < 4.78 is 6.92. The molecule has 1 fully saturated rings. The number of benzene rings is 2. The Morgan fingerprint density at radius 1 is 1.23 bits per heavy atom. The number of nitrogens with zero attached hydrogens (tertiary/aromatic N) is 1. The molecule has 166 valence electrons. The maximum absolute atomic E-state index is 12.7. The summed E-state index contributed by atoms with van der Waals surface area (Å²) in [6, 6.07) is 9.53. The molecule has 0 saturated heterocycles. The summed E-state index contributed by atoms with van der Waals surface area (Å²) in [5, 5.41) is 12.7. The largest absolute Gasteiger partial charge is 0.504 e. The number of rotatable bonds is 7. The van der Waals surface area contributed by atoms with Gasteiger partial charge in [0.1, 0.15) is 0 Å². The van der Waals surface area contributed by atoms with Gasteiger partial charge in [-0.3, -0.25) is 9.69 Å². The second-order valence-corrected chi connectivity index (χ2v) is 9.65. The van der Waals surface area contributed by atoms with Gasteiger partial charge < -0.3 is 15.2 Å². The number of hydrogen-bond acceptors (Lipinski definition) is 4. The Balaban J connectivity index is 1.74. The molecule has 31 heavy (non-hydrogen) atoms. The highest BCUT2D eigenvalue weighted by atomic mass is 79.9. The number of halogens is 2. The van der Waals surface area contributed by atoms with E-state index in [1.54, 1.807) is 24.3 Å². The van der Waals surface area contributed by atoms with Crippen molar-refractivity contribution in [3.05, 3.63) is 56.5 Å². The number of aromatic hydroxyl groups is 1. The number of nitrogens with one attached hydrogen (secondary N) is 1. The Bertz CT molecular complexity index is 956. The zero-order valence-electron chi connectivity index (χ0n) is 17.8. The zero-order valence-corrected chi connectivity index (χ0v) is 21.0. The lowest BCUT2D eigenvalue weighted by Gasteiger charge is -2.31. The first kappa shape index (κ1) is 23.8. The molecule has 0 radical (unpaired) electrons. The number of amides is 1. The highest BCUT2D eigenvalue weighted by Crippen LogP contribution is 2.33. The Labute approximate surface area is 200 Å². The Morgan fingerprint density at radius 2 is 1.97 bits per heavy atom. The van der Waals surface area contributed by atoms with Gasteiger partial charge in [-0.1, -0.05) is 41.3 Å². The summed E-state index contributed by atoms with van der Waals surface area (Å²) >= 11 is 7.18. The van der Waals surface area contributed by atoms with Crippen molar-refractivity contribution in [3.63, 3.8) is 0 Å². The van der Waals surface area contributed by atoms with Crippen LogP contribution in [0.25, 0.3) is 6.08 Å². The molecule has 2 aromatic rings. The molecule has 0 heterocycles. The van der Waals surface area contributed by atoms with E-state index < -0.39 is 0 Å². The third kappa shape index (κ3) is 6.57. The van der Waals surface area contributed by atoms with E-state index in [0.717, 1.165) is 32.3 Å². The predicted octanol–water partition coefficient (Wildman–Crippen LogP) is 6.34. The lowest BCUT2D eigenvalue weighted by molar-refractivity contribution is -0.111. The average molecular weight is 552 g/mol. The Kier molecular flexibility index (Phi) is 8.58. The van der Waals surface area contributed by atoms with Crippen LogP contribution in [0.5, 0.6) is 11.5 Å². The van der Waals surface area contributed by atoms with Gasteiger partial charge in [-0.25, -0.2) is 0 Å². The van der Waals surface area contributed by atoms with Crippen molar-refractivity contribution in [1.29, 1.82) is 0 Å². The topological polar surface area (TPSA) is 61.8 Å². The first-order valence-corrected chi connectivity index (χ1v) is 12.0. The molecular formula is C24H28Br2N2O3. The van der Waals surface area contributed by atoms with Crippen LogP contribution >= 0.6 is 31.9 Å². The molecule has 1 aliphatic rings. The molecule has 5 nitrogen and oxygen atoms in total. The molecule has 1 aliphatic carbocycles. The summed E-state index contributed by atoms with van der Waals surface area (Å²) in [5.41, 5.74) is 2.60. The van der Waals surface area contributed by atoms with Gasteiger partial charge in [0.25, 0.3) is 0 Å². The van der Waals surface area contributed by atoms with Crippen LogP contribution in [0, 0.1) is 0 Å². The number of ether oxygens (including phenoxy) is 1. The molecular weight excluding hydrogens is 524 g/mol. The molecule has 0 bridgehead atoms. The van der Waals surface area contributed by atoms with Gasteiger partial charge in [-0.05, 0) is 77.3 Å². The van der Waals surface area contributed by atoms with Crippen LogP contribution in [0.1, 0.15) is 43.2 Å². The minimum Gasteiger partial charge on any atom is -0.504 e. The summed E-state index contributed by atoms with van der Waals surface area (Å²) in [6.45, 7) is 0.761. The minimum absolute atomic E-state index is 0.0645. The van der Waals surface area contributed by atoms with Crippen molar-refractivity contribution in [3.8, 4) is 11.5 Å². The fourth-order valence-electron chi connectivity index (χ4n) is 3.95. The molecule has 1 amide bonds. The van der Waals surface area contributed by atoms with E-state index in [0.29, 0.717) is 11.8 Å². The first-order valence-electron chi connectivity index (χ1n) is 10.4. The standard InChI is InChI=1S/C24H28Br2N2O3/c1-28(19-6-4-3-5-7-19)15-17-13-18(25)14-20(26)24(17)27-23(30)11-9-16-8-10-21(29)22(12-16)31-2/h8-14,19,29H,3-7,15H2,1-2H3,(H,27,30)/b11-9+. The summed E-state index contributed by atoms with van der Waals surface area (Å²) in [6.07, 6.45) is 9.53. The normalized spacial score (nSPS) is 14.9. The molecule has 0 unspecified atom stereocenters. The van der Waals surface area contributed by atoms with Crippen LogP contribution < -0.4 is 10.1 Å². The van der Waals surface area contributed by atoms with E-state index in [1.807, 2.05) is 6.07 Å². The van der Waals surface area contributed by atoms with E-state index in [-0.39, 0.29) is 11.7 Å². The molecule has 0 atom stereocenters. The maximum atomic E-state index is 12.7. The van der Waals surface area contributed by atoms with Gasteiger partial charge in [0.05, 0.1) is 12.8 Å². The lowest BCUT2D eigenvalue weighted by atomic mass is 9.94. The number of phenolic OH excluding ortho intramolecular Hbond substituents is 1. The average Bonchev–Trinajstić information content (AvgIpc) is 2.76. The van der Waals surface area contributed by atoms with Crippen molar-refractivity contribution >= 4 is 49.5 Å². The van der Waals surface area contributed by atoms with Gasteiger partial charge in [0.2, 0.25) is 5.91 Å². The molecule has 0 aliphatic heterocycles. The summed E-state index contributed by atoms with van der Waals surface area (Å²) in [4.78, 5) is 15.0. The van der Waals surface area contributed by atoms with Crippen molar-refractivity contribution in [2.75, 3.05) is 19.5 Å². The fourth-order valence-corrected chi connectivity index (χ4v) is 5.36. The fraction of sp³-hybridized carbons (Fsp3) is 0.375. The number of hydrogen-bond donors (Lipinski definition) is 2.